The zero-order valence-corrected chi connectivity index (χ0v) is 10.6. The van der Waals surface area contributed by atoms with E-state index >= 15 is 0 Å². The van der Waals surface area contributed by atoms with Gasteiger partial charge in [0.1, 0.15) is 10.9 Å². The molecule has 0 aliphatic carbocycles. The van der Waals surface area contributed by atoms with Crippen LogP contribution in [0.1, 0.15) is 12.0 Å². The lowest BCUT2D eigenvalue weighted by molar-refractivity contribution is -0.117. The van der Waals surface area contributed by atoms with E-state index in [1.54, 1.807) is 0 Å². The van der Waals surface area contributed by atoms with Crippen molar-refractivity contribution in [2.45, 2.75) is 13.0 Å². The van der Waals surface area contributed by atoms with Crippen LogP contribution in [0.15, 0.2) is 46.6 Å². The van der Waals surface area contributed by atoms with Gasteiger partial charge in [0.25, 0.3) is 5.91 Å². The fraction of sp³-hybridized carbons (Fsp3) is 0.231. The summed E-state index contributed by atoms with van der Waals surface area (Å²) in [5.74, 6) is -0.274. The summed E-state index contributed by atoms with van der Waals surface area (Å²) in [5, 5.41) is 2.98. The van der Waals surface area contributed by atoms with Crippen molar-refractivity contribution >= 4 is 22.7 Å². The van der Waals surface area contributed by atoms with Gasteiger partial charge in [0.15, 0.2) is 0 Å². The zero-order chi connectivity index (χ0) is 13.0. The smallest absolute Gasteiger partial charge is 0.267 e. The van der Waals surface area contributed by atoms with Gasteiger partial charge < -0.3 is 11.1 Å². The predicted octanol–water partition coefficient (Wildman–Crippen LogP) is 1.56. The zero-order valence-electron chi connectivity index (χ0n) is 9.82. The summed E-state index contributed by atoms with van der Waals surface area (Å²) in [7, 11) is 0. The maximum atomic E-state index is 11.4. The molecule has 0 spiro atoms. The Kier molecular flexibility index (Phi) is 3.99. The SMILES string of the molecule is NC1=C(C(Cl)=NCc2ccccc2)CCNC1=O. The van der Waals surface area contributed by atoms with Crippen molar-refractivity contribution in [2.75, 3.05) is 6.54 Å². The average molecular weight is 264 g/mol. The van der Waals surface area contributed by atoms with Crippen molar-refractivity contribution in [3.63, 3.8) is 0 Å². The number of nitrogens with two attached hydrogens (primary N) is 1. The van der Waals surface area contributed by atoms with Crippen LogP contribution in [0.2, 0.25) is 0 Å². The number of amides is 1. The van der Waals surface area contributed by atoms with Gasteiger partial charge in [0.05, 0.1) is 6.54 Å². The Balaban J connectivity index is 2.14. The Labute approximate surface area is 111 Å². The maximum Gasteiger partial charge on any atom is 0.267 e. The molecule has 0 bridgehead atoms. The number of halogens is 1. The first kappa shape index (κ1) is 12.6. The summed E-state index contributed by atoms with van der Waals surface area (Å²) >= 11 is 6.10. The Morgan fingerprint density at radius 1 is 1.39 bits per heavy atom. The Hall–Kier alpha value is -1.81. The molecule has 0 atom stereocenters. The summed E-state index contributed by atoms with van der Waals surface area (Å²) in [4.78, 5) is 15.6. The van der Waals surface area contributed by atoms with E-state index in [2.05, 4.69) is 10.3 Å². The molecule has 0 fully saturated rings. The largest absolute Gasteiger partial charge is 0.394 e. The van der Waals surface area contributed by atoms with Crippen LogP contribution in [0, 0.1) is 0 Å². The van der Waals surface area contributed by atoms with Gasteiger partial charge in [0, 0.05) is 12.1 Å². The molecule has 4 nitrogen and oxygen atoms in total. The number of nitrogens with one attached hydrogen (secondary N) is 1. The van der Waals surface area contributed by atoms with Crippen LogP contribution in [-0.4, -0.2) is 17.6 Å². The first-order valence-electron chi connectivity index (χ1n) is 5.69. The number of carbonyl (C=O) groups excluding carboxylic acids is 1. The minimum atomic E-state index is -0.274. The molecule has 0 unspecified atom stereocenters. The van der Waals surface area contributed by atoms with Crippen LogP contribution >= 0.6 is 11.6 Å². The molecule has 18 heavy (non-hydrogen) atoms. The number of rotatable bonds is 3. The molecule has 0 aromatic heterocycles. The molecule has 1 amide bonds. The summed E-state index contributed by atoms with van der Waals surface area (Å²) in [6.45, 7) is 1.03. The number of benzene rings is 1. The van der Waals surface area contributed by atoms with Crippen molar-refractivity contribution in [2.24, 2.45) is 10.7 Å². The third-order valence-electron chi connectivity index (χ3n) is 2.72. The first-order chi connectivity index (χ1) is 8.68. The second-order valence-corrected chi connectivity index (χ2v) is 4.35. The van der Waals surface area contributed by atoms with Gasteiger partial charge in [-0.05, 0) is 12.0 Å². The molecule has 0 radical (unpaired) electrons. The van der Waals surface area contributed by atoms with Crippen molar-refractivity contribution in [1.29, 1.82) is 0 Å². The van der Waals surface area contributed by atoms with Crippen LogP contribution in [-0.2, 0) is 11.3 Å². The summed E-state index contributed by atoms with van der Waals surface area (Å²) in [6.07, 6.45) is 0.620. The molecule has 3 N–H and O–H groups in total. The first-order valence-corrected chi connectivity index (χ1v) is 6.07. The van der Waals surface area contributed by atoms with Crippen LogP contribution in [0.5, 0.6) is 0 Å². The minimum Gasteiger partial charge on any atom is -0.394 e. The molecule has 94 valence electrons. The van der Waals surface area contributed by atoms with Crippen molar-refractivity contribution in [3.05, 3.63) is 47.2 Å². The van der Waals surface area contributed by atoms with Gasteiger partial charge in [-0.2, -0.15) is 0 Å². The number of hydrogen-bond acceptors (Lipinski definition) is 3. The van der Waals surface area contributed by atoms with E-state index in [0.717, 1.165) is 5.56 Å². The predicted molar refractivity (Wildman–Crippen MR) is 72.3 cm³/mol. The summed E-state index contributed by atoms with van der Waals surface area (Å²) < 4.78 is 0. The van der Waals surface area contributed by atoms with Crippen LogP contribution in [0.4, 0.5) is 0 Å². The molecular weight excluding hydrogens is 250 g/mol. The molecule has 0 saturated heterocycles. The van der Waals surface area contributed by atoms with E-state index in [1.807, 2.05) is 30.3 Å². The van der Waals surface area contributed by atoms with E-state index in [9.17, 15) is 4.79 Å². The lowest BCUT2D eigenvalue weighted by atomic mass is 10.1. The second-order valence-electron chi connectivity index (χ2n) is 3.99. The van der Waals surface area contributed by atoms with E-state index in [1.165, 1.54) is 0 Å². The monoisotopic (exact) mass is 263 g/mol. The third kappa shape index (κ3) is 2.90. The maximum absolute atomic E-state index is 11.4. The van der Waals surface area contributed by atoms with Gasteiger partial charge in [-0.1, -0.05) is 41.9 Å². The van der Waals surface area contributed by atoms with Gasteiger partial charge in [-0.25, -0.2) is 0 Å². The third-order valence-corrected chi connectivity index (χ3v) is 3.07. The van der Waals surface area contributed by atoms with Crippen molar-refractivity contribution in [1.82, 2.24) is 5.32 Å². The number of hydrogen-bond donors (Lipinski definition) is 2. The summed E-state index contributed by atoms with van der Waals surface area (Å²) in [6, 6.07) is 9.78. The van der Waals surface area contributed by atoms with E-state index in [4.69, 9.17) is 17.3 Å². The Bertz CT molecular complexity index is 508. The molecular formula is C13H14ClN3O. The van der Waals surface area contributed by atoms with Gasteiger partial charge >= 0.3 is 0 Å². The van der Waals surface area contributed by atoms with Crippen molar-refractivity contribution in [3.8, 4) is 0 Å². The number of aliphatic imine (C=N–C) groups is 1. The van der Waals surface area contributed by atoms with Gasteiger partial charge in [0.2, 0.25) is 0 Å². The van der Waals surface area contributed by atoms with Crippen LogP contribution < -0.4 is 11.1 Å². The minimum absolute atomic E-state index is 0.170. The van der Waals surface area contributed by atoms with Crippen LogP contribution in [0.3, 0.4) is 0 Å². The Morgan fingerprint density at radius 3 is 2.83 bits per heavy atom. The molecule has 5 heteroatoms. The number of nitrogens with zero attached hydrogens (tertiary/aromatic N) is 1. The average Bonchev–Trinajstić information content (AvgIpc) is 2.40. The molecule has 1 aliphatic heterocycles. The molecule has 1 aromatic rings. The highest BCUT2D eigenvalue weighted by atomic mass is 35.5. The molecule has 0 saturated carbocycles. The fourth-order valence-corrected chi connectivity index (χ4v) is 1.98. The molecule has 1 aliphatic rings. The lowest BCUT2D eigenvalue weighted by Crippen LogP contribution is -2.36. The highest BCUT2D eigenvalue weighted by molar-refractivity contribution is 6.69. The second kappa shape index (κ2) is 5.69. The molecule has 2 rings (SSSR count). The van der Waals surface area contributed by atoms with E-state index in [0.29, 0.717) is 30.3 Å². The normalized spacial score (nSPS) is 16.7. The molecule has 1 aromatic carbocycles. The van der Waals surface area contributed by atoms with Gasteiger partial charge in [-0.3, -0.25) is 9.79 Å². The fourth-order valence-electron chi connectivity index (χ4n) is 1.72. The highest BCUT2D eigenvalue weighted by Gasteiger charge is 2.19. The van der Waals surface area contributed by atoms with Crippen LogP contribution in [0.25, 0.3) is 0 Å². The standard InChI is InChI=1S/C13H14ClN3O/c14-12(10-6-7-16-13(18)11(10)15)17-8-9-4-2-1-3-5-9/h1-5H,6-8,15H2,(H,16,18). The highest BCUT2D eigenvalue weighted by Crippen LogP contribution is 2.15. The summed E-state index contributed by atoms with van der Waals surface area (Å²) in [5.41, 5.74) is 7.56. The topological polar surface area (TPSA) is 67.5 Å². The van der Waals surface area contributed by atoms with Gasteiger partial charge in [-0.15, -0.1) is 0 Å². The quantitative estimate of drug-likeness (QED) is 0.813. The Morgan fingerprint density at radius 2 is 2.11 bits per heavy atom. The molecule has 1 heterocycles. The van der Waals surface area contributed by atoms with E-state index in [-0.39, 0.29) is 11.6 Å². The van der Waals surface area contributed by atoms with E-state index < -0.39 is 0 Å². The lowest BCUT2D eigenvalue weighted by Gasteiger charge is -2.16. The van der Waals surface area contributed by atoms with Crippen molar-refractivity contribution < 1.29 is 4.79 Å². The number of carbonyl (C=O) groups is 1.